The first-order valence-corrected chi connectivity index (χ1v) is 12.5. The Morgan fingerprint density at radius 2 is 1.39 bits per heavy atom. The second-order valence-electron chi connectivity index (χ2n) is 8.84. The highest BCUT2D eigenvalue weighted by Gasteiger charge is 2.24. The number of halogens is 1. The Morgan fingerprint density at radius 3 is 2.28 bits per heavy atom. The van der Waals surface area contributed by atoms with Crippen molar-refractivity contribution >= 4 is 59.1 Å². The first-order chi connectivity index (χ1) is 17.8. The third-order valence-corrected chi connectivity index (χ3v) is 7.98. The van der Waals surface area contributed by atoms with Gasteiger partial charge in [0.15, 0.2) is 5.82 Å². The van der Waals surface area contributed by atoms with Crippen molar-refractivity contribution in [3.05, 3.63) is 109 Å². The van der Waals surface area contributed by atoms with E-state index in [1.165, 1.54) is 15.6 Å². The number of hydrogen-bond acceptors (Lipinski definition) is 3. The van der Waals surface area contributed by atoms with Crippen LogP contribution in [0.5, 0.6) is 0 Å². The number of nitrogens with zero attached hydrogens (tertiary/aromatic N) is 4. The van der Waals surface area contributed by atoms with Gasteiger partial charge in [-0.25, -0.2) is 14.4 Å². The summed E-state index contributed by atoms with van der Waals surface area (Å²) in [5.41, 5.74) is 6.43. The summed E-state index contributed by atoms with van der Waals surface area (Å²) >= 11 is 1.77. The van der Waals surface area contributed by atoms with Gasteiger partial charge >= 0.3 is 0 Å². The first kappa shape index (κ1) is 19.7. The fourth-order valence-electron chi connectivity index (χ4n) is 5.40. The molecule has 0 atom stereocenters. The van der Waals surface area contributed by atoms with E-state index in [9.17, 15) is 4.39 Å². The molecule has 8 aromatic rings. The van der Waals surface area contributed by atoms with Gasteiger partial charge in [-0.1, -0.05) is 66.7 Å². The molecule has 170 valence electrons. The minimum absolute atomic E-state index is 0.294. The second-order valence-corrected chi connectivity index (χ2v) is 9.92. The molecule has 4 heterocycles. The van der Waals surface area contributed by atoms with Gasteiger partial charge in [-0.3, -0.25) is 4.57 Å². The fraction of sp³-hybridized carbons (Fsp3) is 0. The first-order valence-electron chi connectivity index (χ1n) is 11.7. The van der Waals surface area contributed by atoms with Crippen LogP contribution in [0.4, 0.5) is 4.39 Å². The number of benzene rings is 4. The molecule has 0 bridgehead atoms. The third kappa shape index (κ3) is 2.56. The smallest absolute Gasteiger partial charge is 0.235 e. The number of aromatic nitrogens is 4. The number of para-hydroxylation sites is 2. The lowest BCUT2D eigenvalue weighted by Gasteiger charge is -2.09. The van der Waals surface area contributed by atoms with E-state index in [1.54, 1.807) is 11.3 Å². The van der Waals surface area contributed by atoms with Crippen molar-refractivity contribution in [2.75, 3.05) is 0 Å². The average molecular weight is 485 g/mol. The molecule has 4 aromatic heterocycles. The monoisotopic (exact) mass is 484 g/mol. The van der Waals surface area contributed by atoms with Crippen molar-refractivity contribution in [3.8, 4) is 17.2 Å². The highest BCUT2D eigenvalue weighted by molar-refractivity contribution is 7.24. The summed E-state index contributed by atoms with van der Waals surface area (Å²) in [6.45, 7) is 0. The van der Waals surface area contributed by atoms with E-state index < -0.39 is 5.82 Å². The summed E-state index contributed by atoms with van der Waals surface area (Å²) in [4.78, 5) is 9.28. The molecule has 6 heteroatoms. The lowest BCUT2D eigenvalue weighted by Crippen LogP contribution is -2.03. The van der Waals surface area contributed by atoms with E-state index in [-0.39, 0.29) is 0 Å². The molecule has 0 spiro atoms. The van der Waals surface area contributed by atoms with Crippen LogP contribution in [0.15, 0.2) is 103 Å². The van der Waals surface area contributed by atoms with Crippen LogP contribution in [-0.4, -0.2) is 18.9 Å². The summed E-state index contributed by atoms with van der Waals surface area (Å²) in [5, 5.41) is 2.25. The third-order valence-electron chi connectivity index (χ3n) is 6.86. The van der Waals surface area contributed by atoms with Gasteiger partial charge in [0.2, 0.25) is 5.95 Å². The summed E-state index contributed by atoms with van der Waals surface area (Å²) in [6.07, 6.45) is 1.28. The zero-order valence-electron chi connectivity index (χ0n) is 18.9. The molecule has 0 aliphatic carbocycles. The Hall–Kier alpha value is -4.55. The summed E-state index contributed by atoms with van der Waals surface area (Å²) in [5.74, 6) is 0.0144. The minimum atomic E-state index is -0.439. The van der Waals surface area contributed by atoms with Crippen molar-refractivity contribution in [1.82, 2.24) is 18.9 Å². The van der Waals surface area contributed by atoms with E-state index in [2.05, 4.69) is 80.7 Å². The molecule has 0 aliphatic heterocycles. The second kappa shape index (κ2) is 7.23. The number of hydrogen-bond donors (Lipinski definition) is 0. The molecule has 0 aliphatic rings. The van der Waals surface area contributed by atoms with Gasteiger partial charge < -0.3 is 4.40 Å². The van der Waals surface area contributed by atoms with Crippen LogP contribution in [0.25, 0.3) is 65.0 Å². The van der Waals surface area contributed by atoms with Crippen LogP contribution in [0.2, 0.25) is 0 Å². The van der Waals surface area contributed by atoms with Gasteiger partial charge in [-0.05, 0) is 30.3 Å². The molecule has 8 rings (SSSR count). The molecule has 0 saturated carbocycles. The predicted octanol–water partition coefficient (Wildman–Crippen LogP) is 8.00. The standard InChI is InChI=1S/C30H17FN4S/c31-20-17-32-30(33-27(20)18-9-2-1-3-10-18)35-23-14-8-16-25-26(23)29-28(35)19-11-4-5-12-21(19)34(29)22-13-6-7-15-24(22)36-25/h1-17H. The fourth-order valence-corrected chi connectivity index (χ4v) is 6.49. The van der Waals surface area contributed by atoms with Crippen LogP contribution < -0.4 is 0 Å². The van der Waals surface area contributed by atoms with Crippen LogP contribution >= 0.6 is 11.3 Å². The van der Waals surface area contributed by atoms with Crippen molar-refractivity contribution in [2.45, 2.75) is 0 Å². The van der Waals surface area contributed by atoms with E-state index in [0.717, 1.165) is 43.9 Å². The minimum Gasteiger partial charge on any atom is -0.306 e. The summed E-state index contributed by atoms with van der Waals surface area (Å²) in [7, 11) is 0. The van der Waals surface area contributed by atoms with Crippen molar-refractivity contribution in [3.63, 3.8) is 0 Å². The molecular formula is C30H17FN4S. The maximum absolute atomic E-state index is 14.9. The van der Waals surface area contributed by atoms with Crippen molar-refractivity contribution < 1.29 is 4.39 Å². The van der Waals surface area contributed by atoms with Crippen LogP contribution in [0, 0.1) is 5.82 Å². The lowest BCUT2D eigenvalue weighted by molar-refractivity contribution is 0.616. The normalized spacial score (nSPS) is 12.0. The van der Waals surface area contributed by atoms with Crippen LogP contribution in [-0.2, 0) is 0 Å². The maximum Gasteiger partial charge on any atom is 0.235 e. The zero-order chi connectivity index (χ0) is 23.8. The Morgan fingerprint density at radius 1 is 0.667 bits per heavy atom. The predicted molar refractivity (Wildman–Crippen MR) is 146 cm³/mol. The van der Waals surface area contributed by atoms with Crippen molar-refractivity contribution in [2.24, 2.45) is 0 Å². The van der Waals surface area contributed by atoms with Gasteiger partial charge in [0.1, 0.15) is 5.69 Å². The summed E-state index contributed by atoms with van der Waals surface area (Å²) in [6, 6.07) is 32.7. The number of rotatable bonds is 2. The van der Waals surface area contributed by atoms with Gasteiger partial charge in [-0.2, -0.15) is 0 Å². The molecule has 0 unspecified atom stereocenters. The Bertz CT molecular complexity index is 2120. The quantitative estimate of drug-likeness (QED) is 0.249. The molecular weight excluding hydrogens is 467 g/mol. The summed E-state index contributed by atoms with van der Waals surface area (Å²) < 4.78 is 21.8. The lowest BCUT2D eigenvalue weighted by atomic mass is 10.1. The Labute approximate surface area is 208 Å². The zero-order valence-corrected chi connectivity index (χ0v) is 19.7. The van der Waals surface area contributed by atoms with Crippen molar-refractivity contribution in [1.29, 1.82) is 0 Å². The molecule has 36 heavy (non-hydrogen) atoms. The molecule has 4 aromatic carbocycles. The topological polar surface area (TPSA) is 35.1 Å². The highest BCUT2D eigenvalue weighted by atomic mass is 32.1. The maximum atomic E-state index is 14.9. The molecule has 0 amide bonds. The molecule has 0 fully saturated rings. The van der Waals surface area contributed by atoms with E-state index in [4.69, 9.17) is 4.98 Å². The van der Waals surface area contributed by atoms with Gasteiger partial charge in [0.05, 0.1) is 38.5 Å². The molecule has 0 N–H and O–H groups in total. The molecule has 0 saturated heterocycles. The Balaban J connectivity index is 1.62. The Kier molecular flexibility index (Phi) is 3.96. The highest BCUT2D eigenvalue weighted by Crippen LogP contribution is 2.43. The largest absolute Gasteiger partial charge is 0.306 e. The van der Waals surface area contributed by atoms with Crippen LogP contribution in [0.3, 0.4) is 0 Å². The van der Waals surface area contributed by atoms with E-state index in [1.807, 2.05) is 30.3 Å². The SMILES string of the molecule is Fc1cnc(-n2c3cccc4sc5ccccc5n5c6ccccc6c2c5c43)nc1-c1ccccc1. The van der Waals surface area contributed by atoms with Gasteiger partial charge in [0.25, 0.3) is 0 Å². The van der Waals surface area contributed by atoms with Gasteiger partial charge in [-0.15, -0.1) is 11.3 Å². The van der Waals surface area contributed by atoms with Gasteiger partial charge in [0, 0.05) is 21.0 Å². The van der Waals surface area contributed by atoms with E-state index >= 15 is 0 Å². The average Bonchev–Trinajstić information content (AvgIpc) is 3.38. The van der Waals surface area contributed by atoms with E-state index in [0.29, 0.717) is 11.6 Å². The molecule has 4 nitrogen and oxygen atoms in total. The van der Waals surface area contributed by atoms with Crippen LogP contribution in [0.1, 0.15) is 0 Å². The molecule has 0 radical (unpaired) electrons. The number of fused-ring (bicyclic) bond motifs is 5.